The summed E-state index contributed by atoms with van der Waals surface area (Å²) in [5, 5.41) is 9.50. The third-order valence-corrected chi connectivity index (χ3v) is 4.48. The first-order valence-electron chi connectivity index (χ1n) is 8.45. The summed E-state index contributed by atoms with van der Waals surface area (Å²) >= 11 is 0. The van der Waals surface area contributed by atoms with Crippen LogP contribution in [0.25, 0.3) is 17.3 Å². The normalized spacial score (nSPS) is 12.1. The SMILES string of the molecule is Cc1cc(/C=C(/C#N)c2cccc(C(F)(F)F)c2)c(C)n1-c1ccc(F)cc1. The van der Waals surface area contributed by atoms with Crippen LogP contribution in [-0.4, -0.2) is 4.57 Å². The lowest BCUT2D eigenvalue weighted by Crippen LogP contribution is -2.04. The summed E-state index contributed by atoms with van der Waals surface area (Å²) < 4.78 is 54.0. The molecule has 6 heteroatoms. The summed E-state index contributed by atoms with van der Waals surface area (Å²) in [6.07, 6.45) is -2.91. The molecule has 0 unspecified atom stereocenters. The van der Waals surface area contributed by atoms with Crippen LogP contribution in [0.5, 0.6) is 0 Å². The molecule has 0 saturated carbocycles. The monoisotopic (exact) mass is 384 g/mol. The second kappa shape index (κ2) is 7.35. The van der Waals surface area contributed by atoms with Gasteiger partial charge >= 0.3 is 6.18 Å². The van der Waals surface area contributed by atoms with E-state index in [1.807, 2.05) is 30.6 Å². The van der Waals surface area contributed by atoms with Crippen molar-refractivity contribution in [3.63, 3.8) is 0 Å². The van der Waals surface area contributed by atoms with E-state index in [-0.39, 0.29) is 17.0 Å². The van der Waals surface area contributed by atoms with Crippen molar-refractivity contribution >= 4 is 11.6 Å². The number of hydrogen-bond acceptors (Lipinski definition) is 1. The molecule has 0 radical (unpaired) electrons. The van der Waals surface area contributed by atoms with Gasteiger partial charge in [0.05, 0.1) is 17.2 Å². The first-order chi connectivity index (χ1) is 13.2. The van der Waals surface area contributed by atoms with Crippen LogP contribution in [0.15, 0.2) is 54.6 Å². The Kier molecular flexibility index (Phi) is 5.10. The number of nitrogens with zero attached hydrogens (tertiary/aromatic N) is 2. The van der Waals surface area contributed by atoms with Crippen molar-refractivity contribution in [3.8, 4) is 11.8 Å². The van der Waals surface area contributed by atoms with E-state index in [2.05, 4.69) is 0 Å². The lowest BCUT2D eigenvalue weighted by atomic mass is 10.0. The first-order valence-corrected chi connectivity index (χ1v) is 8.45. The molecule has 0 atom stereocenters. The third kappa shape index (κ3) is 3.84. The summed E-state index contributed by atoms with van der Waals surface area (Å²) in [5.41, 5.74) is 2.64. The fourth-order valence-electron chi connectivity index (χ4n) is 3.12. The molecule has 0 aliphatic heterocycles. The fraction of sp³-hybridized carbons (Fsp3) is 0.136. The molecule has 0 aliphatic carbocycles. The van der Waals surface area contributed by atoms with Gasteiger partial charge in [0.25, 0.3) is 0 Å². The summed E-state index contributed by atoms with van der Waals surface area (Å²) in [6.45, 7) is 3.70. The summed E-state index contributed by atoms with van der Waals surface area (Å²) in [7, 11) is 0. The maximum Gasteiger partial charge on any atom is 0.416 e. The predicted molar refractivity (Wildman–Crippen MR) is 100 cm³/mol. The second-order valence-electron chi connectivity index (χ2n) is 6.39. The summed E-state index contributed by atoms with van der Waals surface area (Å²) in [4.78, 5) is 0. The zero-order chi connectivity index (χ0) is 20.5. The molecule has 1 aromatic heterocycles. The topological polar surface area (TPSA) is 28.7 Å². The Morgan fingerprint density at radius 1 is 1.04 bits per heavy atom. The van der Waals surface area contributed by atoms with E-state index in [9.17, 15) is 22.8 Å². The molecule has 0 N–H and O–H groups in total. The van der Waals surface area contributed by atoms with Gasteiger partial charge in [-0.2, -0.15) is 18.4 Å². The minimum Gasteiger partial charge on any atom is -0.318 e. The Labute approximate surface area is 160 Å². The summed E-state index contributed by atoms with van der Waals surface area (Å²) in [6, 6.07) is 14.5. The molecule has 3 rings (SSSR count). The Hall–Kier alpha value is -3.33. The molecule has 1 heterocycles. The van der Waals surface area contributed by atoms with Gasteiger partial charge in [-0.25, -0.2) is 4.39 Å². The zero-order valence-corrected chi connectivity index (χ0v) is 15.2. The molecule has 2 aromatic carbocycles. The standard InChI is InChI=1S/C22H16F4N2/c1-14-10-17(15(2)28(14)21-8-6-20(23)7-9-21)11-18(13-27)16-4-3-5-19(12-16)22(24,25)26/h3-12H,1-2H3/b18-11-. The molecule has 0 bridgehead atoms. The Bertz CT molecular complexity index is 1080. The molecule has 0 spiro atoms. The number of hydrogen-bond donors (Lipinski definition) is 0. The quantitative estimate of drug-likeness (QED) is 0.384. The molecule has 142 valence electrons. The van der Waals surface area contributed by atoms with Crippen molar-refractivity contribution in [2.24, 2.45) is 0 Å². The van der Waals surface area contributed by atoms with Crippen LogP contribution < -0.4 is 0 Å². The number of benzene rings is 2. The molecule has 3 aromatic rings. The average Bonchev–Trinajstić information content (AvgIpc) is 2.93. The van der Waals surface area contributed by atoms with Crippen molar-refractivity contribution in [2.45, 2.75) is 20.0 Å². The number of alkyl halides is 3. The van der Waals surface area contributed by atoms with E-state index in [0.29, 0.717) is 5.56 Å². The van der Waals surface area contributed by atoms with Gasteiger partial charge in [-0.05, 0) is 73.5 Å². The zero-order valence-electron chi connectivity index (χ0n) is 15.2. The molecule has 0 saturated heterocycles. The van der Waals surface area contributed by atoms with E-state index in [0.717, 1.165) is 29.2 Å². The average molecular weight is 384 g/mol. The number of halogens is 4. The highest BCUT2D eigenvalue weighted by atomic mass is 19.4. The number of rotatable bonds is 3. The molecule has 0 fully saturated rings. The van der Waals surface area contributed by atoms with Crippen molar-refractivity contribution in [3.05, 3.63) is 88.5 Å². The Morgan fingerprint density at radius 2 is 1.71 bits per heavy atom. The van der Waals surface area contributed by atoms with E-state index >= 15 is 0 Å². The predicted octanol–water partition coefficient (Wildman–Crippen LogP) is 6.32. The molecule has 28 heavy (non-hydrogen) atoms. The maximum atomic E-state index is 13.2. The van der Waals surface area contributed by atoms with Crippen LogP contribution in [0.4, 0.5) is 17.6 Å². The highest BCUT2D eigenvalue weighted by Crippen LogP contribution is 2.32. The van der Waals surface area contributed by atoms with E-state index < -0.39 is 11.7 Å². The van der Waals surface area contributed by atoms with Gasteiger partial charge in [-0.3, -0.25) is 0 Å². The lowest BCUT2D eigenvalue weighted by Gasteiger charge is -2.10. The van der Waals surface area contributed by atoms with Gasteiger partial charge in [-0.15, -0.1) is 0 Å². The van der Waals surface area contributed by atoms with Crippen molar-refractivity contribution in [1.82, 2.24) is 4.57 Å². The Balaban J connectivity index is 2.07. The van der Waals surface area contributed by atoms with Gasteiger partial charge < -0.3 is 4.57 Å². The lowest BCUT2D eigenvalue weighted by molar-refractivity contribution is -0.137. The number of aromatic nitrogens is 1. The maximum absolute atomic E-state index is 13.2. The van der Waals surface area contributed by atoms with E-state index in [1.54, 1.807) is 18.2 Å². The molecule has 0 aliphatic rings. The fourth-order valence-corrected chi connectivity index (χ4v) is 3.12. The highest BCUT2D eigenvalue weighted by Gasteiger charge is 2.30. The second-order valence-corrected chi connectivity index (χ2v) is 6.39. The van der Waals surface area contributed by atoms with Crippen LogP contribution in [0.1, 0.15) is 28.1 Å². The van der Waals surface area contributed by atoms with E-state index in [1.165, 1.54) is 24.3 Å². The van der Waals surface area contributed by atoms with Gasteiger partial charge in [0.1, 0.15) is 5.82 Å². The molecular formula is C22H16F4N2. The minimum absolute atomic E-state index is 0.130. The number of allylic oxidation sites excluding steroid dienone is 1. The molecule has 0 amide bonds. The van der Waals surface area contributed by atoms with Crippen molar-refractivity contribution in [2.75, 3.05) is 0 Å². The van der Waals surface area contributed by atoms with Crippen LogP contribution in [0, 0.1) is 31.0 Å². The van der Waals surface area contributed by atoms with Crippen LogP contribution in [0.2, 0.25) is 0 Å². The Morgan fingerprint density at radius 3 is 2.32 bits per heavy atom. The number of aryl methyl sites for hydroxylation is 1. The number of nitriles is 1. The van der Waals surface area contributed by atoms with Crippen molar-refractivity contribution < 1.29 is 17.6 Å². The van der Waals surface area contributed by atoms with Crippen LogP contribution >= 0.6 is 0 Å². The smallest absolute Gasteiger partial charge is 0.318 e. The largest absolute Gasteiger partial charge is 0.416 e. The van der Waals surface area contributed by atoms with E-state index in [4.69, 9.17) is 0 Å². The minimum atomic E-state index is -4.48. The first kappa shape index (κ1) is 19.4. The van der Waals surface area contributed by atoms with Gasteiger partial charge in [0, 0.05) is 17.1 Å². The van der Waals surface area contributed by atoms with Crippen molar-refractivity contribution in [1.29, 1.82) is 5.26 Å². The molecular weight excluding hydrogens is 368 g/mol. The van der Waals surface area contributed by atoms with Crippen LogP contribution in [-0.2, 0) is 6.18 Å². The van der Waals surface area contributed by atoms with Gasteiger partial charge in [-0.1, -0.05) is 12.1 Å². The van der Waals surface area contributed by atoms with Crippen LogP contribution in [0.3, 0.4) is 0 Å². The van der Waals surface area contributed by atoms with Gasteiger partial charge in [0.15, 0.2) is 0 Å². The molecule has 2 nitrogen and oxygen atoms in total. The van der Waals surface area contributed by atoms with Gasteiger partial charge in [0.2, 0.25) is 0 Å². The highest BCUT2D eigenvalue weighted by molar-refractivity contribution is 5.90. The third-order valence-electron chi connectivity index (χ3n) is 4.48. The summed E-state index contributed by atoms with van der Waals surface area (Å²) in [5.74, 6) is -0.345.